The molecule has 0 aliphatic carbocycles. The smallest absolute Gasteiger partial charge is 0.306 e. The van der Waals surface area contributed by atoms with Gasteiger partial charge in [0.2, 0.25) is 0 Å². The first-order valence-corrected chi connectivity index (χ1v) is 32.6. The van der Waals surface area contributed by atoms with E-state index < -0.39 is 12.1 Å². The summed E-state index contributed by atoms with van der Waals surface area (Å²) in [5.41, 5.74) is 0. The predicted molar refractivity (Wildman–Crippen MR) is 352 cm³/mol. The summed E-state index contributed by atoms with van der Waals surface area (Å²) in [6, 6.07) is 0. The number of allylic oxidation sites excluding steroid dienone is 28. The number of esters is 3. The van der Waals surface area contributed by atoms with Gasteiger partial charge >= 0.3 is 17.9 Å². The highest BCUT2D eigenvalue weighted by molar-refractivity contribution is 5.71. The number of ether oxygens (including phenoxy) is 3. The Morgan fingerprint density at radius 1 is 0.259 bits per heavy atom. The molecule has 0 heterocycles. The largest absolute Gasteiger partial charge is 0.462 e. The number of hydrogen-bond acceptors (Lipinski definition) is 6. The van der Waals surface area contributed by atoms with E-state index >= 15 is 0 Å². The maximum absolute atomic E-state index is 12.9. The molecule has 6 nitrogen and oxygen atoms in total. The molecule has 0 aromatic rings. The summed E-state index contributed by atoms with van der Waals surface area (Å²) in [5, 5.41) is 0. The molecular formula is C75H118O6. The first-order valence-electron chi connectivity index (χ1n) is 32.6. The SMILES string of the molecule is CC/C=C\C/C=C\C/C=C\C/C=C\C/C=C\C/C=C\C/C=C\C/C=C\CCCCC(=O)OCC(COC(=O)CCCCCCCCCCCCCCCCCCC)OC(=O)CC/C=C\C/C=C\C/C=C\C/C=C\C/C=C\C/C=C\CC. The molecule has 0 aromatic carbocycles. The molecule has 0 N–H and O–H groups in total. The molecule has 0 aliphatic rings. The van der Waals surface area contributed by atoms with Crippen LogP contribution in [-0.4, -0.2) is 37.2 Å². The van der Waals surface area contributed by atoms with E-state index in [1.807, 2.05) is 12.2 Å². The number of hydrogen-bond donors (Lipinski definition) is 0. The molecule has 0 aromatic heterocycles. The van der Waals surface area contributed by atoms with Crippen molar-refractivity contribution in [3.63, 3.8) is 0 Å². The van der Waals surface area contributed by atoms with Gasteiger partial charge in [-0.15, -0.1) is 0 Å². The van der Waals surface area contributed by atoms with Crippen molar-refractivity contribution in [1.29, 1.82) is 0 Å². The zero-order valence-corrected chi connectivity index (χ0v) is 52.0. The van der Waals surface area contributed by atoms with Crippen molar-refractivity contribution < 1.29 is 28.6 Å². The highest BCUT2D eigenvalue weighted by atomic mass is 16.6. The normalized spacial score (nSPS) is 13.3. The summed E-state index contributed by atoms with van der Waals surface area (Å²) in [7, 11) is 0. The van der Waals surface area contributed by atoms with Gasteiger partial charge in [0.1, 0.15) is 13.2 Å². The minimum Gasteiger partial charge on any atom is -0.462 e. The van der Waals surface area contributed by atoms with Crippen LogP contribution < -0.4 is 0 Å². The maximum atomic E-state index is 12.9. The van der Waals surface area contributed by atoms with E-state index in [0.29, 0.717) is 19.3 Å². The number of rotatable bonds is 57. The molecule has 0 radical (unpaired) electrons. The van der Waals surface area contributed by atoms with Crippen LogP contribution in [0.5, 0.6) is 0 Å². The van der Waals surface area contributed by atoms with Crippen LogP contribution in [0, 0.1) is 0 Å². The molecule has 0 bridgehead atoms. The van der Waals surface area contributed by atoms with Gasteiger partial charge in [-0.1, -0.05) is 294 Å². The third kappa shape index (κ3) is 65.5. The fourth-order valence-electron chi connectivity index (χ4n) is 8.43. The molecule has 0 amide bonds. The summed E-state index contributed by atoms with van der Waals surface area (Å²) < 4.78 is 16.8. The predicted octanol–water partition coefficient (Wildman–Crippen LogP) is 22.7. The zero-order valence-electron chi connectivity index (χ0n) is 52.0. The molecule has 6 heteroatoms. The molecule has 1 atom stereocenters. The van der Waals surface area contributed by atoms with E-state index in [-0.39, 0.29) is 38.0 Å². The molecule has 0 saturated carbocycles. The third-order valence-electron chi connectivity index (χ3n) is 13.2. The lowest BCUT2D eigenvalue weighted by Gasteiger charge is -2.18. The molecule has 0 aliphatic heterocycles. The Bertz CT molecular complexity index is 1860. The van der Waals surface area contributed by atoms with Crippen molar-refractivity contribution in [1.82, 2.24) is 0 Å². The van der Waals surface area contributed by atoms with Gasteiger partial charge in [0, 0.05) is 19.3 Å². The lowest BCUT2D eigenvalue weighted by molar-refractivity contribution is -0.166. The summed E-state index contributed by atoms with van der Waals surface area (Å²) in [6.45, 7) is 6.32. The molecule has 0 rings (SSSR count). The molecule has 0 spiro atoms. The van der Waals surface area contributed by atoms with Gasteiger partial charge < -0.3 is 14.2 Å². The second-order valence-corrected chi connectivity index (χ2v) is 20.9. The van der Waals surface area contributed by atoms with Gasteiger partial charge in [-0.05, 0) is 122 Å². The van der Waals surface area contributed by atoms with E-state index in [0.717, 1.165) is 122 Å². The quantitative estimate of drug-likeness (QED) is 0.0261. The first kappa shape index (κ1) is 75.8. The van der Waals surface area contributed by atoms with Gasteiger partial charge in [0.05, 0.1) is 0 Å². The molecule has 454 valence electrons. The van der Waals surface area contributed by atoms with Crippen LogP contribution in [0.4, 0.5) is 0 Å². The Kier molecular flexibility index (Phi) is 62.9. The summed E-state index contributed by atoms with van der Waals surface area (Å²) in [4.78, 5) is 38.3. The Hall–Kier alpha value is -5.23. The van der Waals surface area contributed by atoms with Crippen LogP contribution in [-0.2, 0) is 28.6 Å². The minimum absolute atomic E-state index is 0.128. The fraction of sp³-hybridized carbons (Fsp3) is 0.587. The maximum Gasteiger partial charge on any atom is 0.306 e. The van der Waals surface area contributed by atoms with Gasteiger partial charge in [-0.25, -0.2) is 0 Å². The van der Waals surface area contributed by atoms with Crippen LogP contribution in [0.2, 0.25) is 0 Å². The molecule has 81 heavy (non-hydrogen) atoms. The van der Waals surface area contributed by atoms with Crippen molar-refractivity contribution >= 4 is 17.9 Å². The van der Waals surface area contributed by atoms with Gasteiger partial charge in [0.25, 0.3) is 0 Å². The van der Waals surface area contributed by atoms with Gasteiger partial charge in [-0.2, -0.15) is 0 Å². The Balaban J connectivity index is 4.57. The summed E-state index contributed by atoms with van der Waals surface area (Å²) >= 11 is 0. The average molecular weight is 1120 g/mol. The number of carbonyl (C=O) groups excluding carboxylic acids is 3. The lowest BCUT2D eigenvalue weighted by Crippen LogP contribution is -2.30. The van der Waals surface area contributed by atoms with Gasteiger partial charge in [-0.3, -0.25) is 14.4 Å². The molecule has 1 unspecified atom stereocenters. The van der Waals surface area contributed by atoms with Crippen LogP contribution >= 0.6 is 0 Å². The Labute approximate surface area is 498 Å². The summed E-state index contributed by atoms with van der Waals surface area (Å²) in [6.07, 6.45) is 99.4. The van der Waals surface area contributed by atoms with E-state index in [1.165, 1.54) is 89.9 Å². The van der Waals surface area contributed by atoms with E-state index in [9.17, 15) is 14.4 Å². The second kappa shape index (κ2) is 67.3. The van der Waals surface area contributed by atoms with Crippen molar-refractivity contribution in [2.75, 3.05) is 13.2 Å². The Morgan fingerprint density at radius 2 is 0.506 bits per heavy atom. The highest BCUT2D eigenvalue weighted by Gasteiger charge is 2.19. The second-order valence-electron chi connectivity index (χ2n) is 20.9. The van der Waals surface area contributed by atoms with E-state index in [1.54, 1.807) is 0 Å². The minimum atomic E-state index is -0.846. The first-order chi connectivity index (χ1) is 40.0. The van der Waals surface area contributed by atoms with Crippen molar-refractivity contribution in [2.45, 2.75) is 271 Å². The van der Waals surface area contributed by atoms with Crippen LogP contribution in [0.1, 0.15) is 265 Å². The van der Waals surface area contributed by atoms with Crippen LogP contribution in [0.3, 0.4) is 0 Å². The average Bonchev–Trinajstić information content (AvgIpc) is 3.47. The van der Waals surface area contributed by atoms with Gasteiger partial charge in [0.15, 0.2) is 6.10 Å². The van der Waals surface area contributed by atoms with Crippen LogP contribution in [0.15, 0.2) is 170 Å². The van der Waals surface area contributed by atoms with Crippen LogP contribution in [0.25, 0.3) is 0 Å². The zero-order chi connectivity index (χ0) is 58.5. The highest BCUT2D eigenvalue weighted by Crippen LogP contribution is 2.15. The van der Waals surface area contributed by atoms with Crippen molar-refractivity contribution in [3.05, 3.63) is 170 Å². The topological polar surface area (TPSA) is 78.9 Å². The van der Waals surface area contributed by atoms with E-state index in [2.05, 4.69) is 179 Å². The van der Waals surface area contributed by atoms with E-state index in [4.69, 9.17) is 14.2 Å². The van der Waals surface area contributed by atoms with Crippen molar-refractivity contribution in [2.24, 2.45) is 0 Å². The molecular weight excluding hydrogens is 997 g/mol. The number of unbranched alkanes of at least 4 members (excludes halogenated alkanes) is 18. The Morgan fingerprint density at radius 3 is 0.802 bits per heavy atom. The van der Waals surface area contributed by atoms with Crippen molar-refractivity contribution in [3.8, 4) is 0 Å². The molecule has 0 saturated heterocycles. The number of carbonyl (C=O) groups is 3. The fourth-order valence-corrected chi connectivity index (χ4v) is 8.43. The lowest BCUT2D eigenvalue weighted by atomic mass is 10.0. The monoisotopic (exact) mass is 1110 g/mol. The molecule has 0 fully saturated rings. The third-order valence-corrected chi connectivity index (χ3v) is 13.2. The standard InChI is InChI=1S/C75H118O6/c1-4-7-10-13-16-19-22-25-28-31-33-34-35-36-37-38-39-40-42-44-47-50-53-56-59-62-65-68-74(77)80-71-72(70-79-73(76)67-64-61-58-55-52-49-46-43-30-27-24-21-18-15-12-9-6-3)81-75(78)69-66-63-60-57-54-51-48-45-41-32-29-26-23-20-17-14-11-8-5-2/h7-8,10-11,16-17,19-20,25-26,28-29,33-34,36-37,39-41,44-45,47,51,53-54,56,60,63,72H,4-6,9,12-15,18,21-24,27,30-32,35,38,42-43,46,48-50,52,55,57-59,61-62,64-71H2,1-3H3/b10-7-,11-8-,19-16-,20-17-,28-25-,29-26-,34-33-,37-36-,40-39-,45-41-,47-44-,54-51-,56-53-,63-60-. The summed E-state index contributed by atoms with van der Waals surface area (Å²) in [5.74, 6) is -1.06.